The van der Waals surface area contributed by atoms with Crippen LogP contribution in [0.3, 0.4) is 0 Å². The number of halogens is 3. The Hall–Kier alpha value is -4.46. The molecule has 38 heavy (non-hydrogen) atoms. The van der Waals surface area contributed by atoms with Crippen LogP contribution in [0.1, 0.15) is 27.2 Å². The second-order valence-electron chi connectivity index (χ2n) is 8.23. The molecule has 198 valence electrons. The lowest BCUT2D eigenvalue weighted by Gasteiger charge is -2.16. The Morgan fingerprint density at radius 2 is 1.79 bits per heavy atom. The SMILES string of the molecule is Cc1c(-c2nnc(O)o2)cc(C(=O)NCc2ccc(S(C)(=O)=O)cc2)c(=O)n1-c1cccc(C(F)(F)F)c1. The molecule has 4 rings (SSSR count). The summed E-state index contributed by atoms with van der Waals surface area (Å²) in [5, 5.41) is 19.0. The molecule has 0 atom stereocenters. The predicted octanol–water partition coefficient (Wildman–Crippen LogP) is 3.25. The van der Waals surface area contributed by atoms with E-state index in [2.05, 4.69) is 15.5 Å². The smallest absolute Gasteiger partial charge is 0.416 e. The number of alkyl halides is 3. The molecule has 0 unspecified atom stereocenters. The maximum absolute atomic E-state index is 13.4. The first-order valence-electron chi connectivity index (χ1n) is 10.8. The van der Waals surface area contributed by atoms with Gasteiger partial charge in [0.2, 0.25) is 0 Å². The third-order valence-corrected chi connectivity index (χ3v) is 6.70. The highest BCUT2D eigenvalue weighted by Gasteiger charge is 2.31. The fourth-order valence-electron chi connectivity index (χ4n) is 3.67. The lowest BCUT2D eigenvalue weighted by Crippen LogP contribution is -2.33. The van der Waals surface area contributed by atoms with E-state index in [1.807, 2.05) is 0 Å². The first kappa shape index (κ1) is 26.6. The van der Waals surface area contributed by atoms with E-state index in [0.29, 0.717) is 5.56 Å². The van der Waals surface area contributed by atoms with Gasteiger partial charge >= 0.3 is 12.3 Å². The van der Waals surface area contributed by atoms with E-state index >= 15 is 0 Å². The van der Waals surface area contributed by atoms with Crippen molar-refractivity contribution in [1.29, 1.82) is 0 Å². The molecule has 0 saturated carbocycles. The maximum atomic E-state index is 13.4. The van der Waals surface area contributed by atoms with Crippen LogP contribution < -0.4 is 10.9 Å². The van der Waals surface area contributed by atoms with Gasteiger partial charge in [0.05, 0.1) is 16.0 Å². The van der Waals surface area contributed by atoms with E-state index in [9.17, 15) is 36.3 Å². The molecule has 0 saturated heterocycles. The Morgan fingerprint density at radius 1 is 1.11 bits per heavy atom. The van der Waals surface area contributed by atoms with Crippen LogP contribution in [0.4, 0.5) is 13.2 Å². The summed E-state index contributed by atoms with van der Waals surface area (Å²) in [5.74, 6) is -1.14. The second kappa shape index (κ2) is 9.78. The van der Waals surface area contributed by atoms with Gasteiger partial charge in [-0.1, -0.05) is 23.3 Å². The number of sulfone groups is 1. The average molecular weight is 548 g/mol. The lowest BCUT2D eigenvalue weighted by molar-refractivity contribution is -0.137. The molecule has 0 aliphatic rings. The van der Waals surface area contributed by atoms with Crippen molar-refractivity contribution in [2.75, 3.05) is 6.26 Å². The van der Waals surface area contributed by atoms with Crippen molar-refractivity contribution in [2.24, 2.45) is 0 Å². The summed E-state index contributed by atoms with van der Waals surface area (Å²) in [6.07, 6.45) is -4.42. The summed E-state index contributed by atoms with van der Waals surface area (Å²) in [4.78, 5) is 26.5. The van der Waals surface area contributed by atoms with Crippen LogP contribution in [0, 0.1) is 6.92 Å². The van der Waals surface area contributed by atoms with Crippen LogP contribution in [0.2, 0.25) is 0 Å². The summed E-state index contributed by atoms with van der Waals surface area (Å²) in [5.41, 5.74) is -1.92. The van der Waals surface area contributed by atoms with Crippen molar-refractivity contribution in [2.45, 2.75) is 24.5 Å². The Balaban J connectivity index is 1.77. The lowest BCUT2D eigenvalue weighted by atomic mass is 10.1. The number of pyridine rings is 1. The minimum atomic E-state index is -4.68. The van der Waals surface area contributed by atoms with E-state index in [1.54, 1.807) is 0 Å². The highest BCUT2D eigenvalue weighted by molar-refractivity contribution is 7.90. The molecule has 0 radical (unpaired) electrons. The fourth-order valence-corrected chi connectivity index (χ4v) is 4.30. The third kappa shape index (κ3) is 5.44. The summed E-state index contributed by atoms with van der Waals surface area (Å²) in [6, 6.07) is 10.8. The topological polar surface area (TPSA) is 144 Å². The molecule has 14 heteroatoms. The number of aromatic nitrogens is 3. The van der Waals surface area contributed by atoms with E-state index < -0.39 is 44.7 Å². The van der Waals surface area contributed by atoms with E-state index in [4.69, 9.17) is 4.42 Å². The zero-order chi connectivity index (χ0) is 27.8. The monoisotopic (exact) mass is 548 g/mol. The van der Waals surface area contributed by atoms with Crippen LogP contribution in [0.5, 0.6) is 6.08 Å². The van der Waals surface area contributed by atoms with Gasteiger partial charge in [-0.2, -0.15) is 13.2 Å². The van der Waals surface area contributed by atoms with Gasteiger partial charge in [0.15, 0.2) is 9.84 Å². The third-order valence-electron chi connectivity index (χ3n) is 5.57. The maximum Gasteiger partial charge on any atom is 0.416 e. The molecular weight excluding hydrogens is 529 g/mol. The highest BCUT2D eigenvalue weighted by atomic mass is 32.2. The number of amides is 1. The molecule has 2 aromatic heterocycles. The molecule has 10 nitrogen and oxygen atoms in total. The van der Waals surface area contributed by atoms with Gasteiger partial charge < -0.3 is 14.8 Å². The van der Waals surface area contributed by atoms with Crippen molar-refractivity contribution in [3.05, 3.63) is 87.3 Å². The van der Waals surface area contributed by atoms with Crippen LogP contribution in [0.15, 0.2) is 68.7 Å². The summed E-state index contributed by atoms with van der Waals surface area (Å²) < 4.78 is 69.2. The molecule has 1 amide bonds. The number of carbonyl (C=O) groups is 1. The number of hydrogen-bond acceptors (Lipinski definition) is 8. The molecule has 0 spiro atoms. The van der Waals surface area contributed by atoms with Gasteiger partial charge in [-0.15, -0.1) is 5.10 Å². The minimum absolute atomic E-state index is 0.0254. The van der Waals surface area contributed by atoms with Gasteiger partial charge in [-0.3, -0.25) is 14.2 Å². The van der Waals surface area contributed by atoms with E-state index in [1.165, 1.54) is 37.3 Å². The molecule has 2 N–H and O–H groups in total. The minimum Gasteiger partial charge on any atom is -0.465 e. The van der Waals surface area contributed by atoms with Crippen LogP contribution in [-0.2, 0) is 22.6 Å². The first-order chi connectivity index (χ1) is 17.8. The molecule has 0 fully saturated rings. The number of benzene rings is 2. The molecule has 0 bridgehead atoms. The van der Waals surface area contributed by atoms with Crippen molar-refractivity contribution < 1.29 is 35.9 Å². The largest absolute Gasteiger partial charge is 0.465 e. The highest BCUT2D eigenvalue weighted by Crippen LogP contribution is 2.31. The normalized spacial score (nSPS) is 11.9. The number of hydrogen-bond donors (Lipinski definition) is 2. The quantitative estimate of drug-likeness (QED) is 0.374. The number of rotatable bonds is 6. The number of carbonyl (C=O) groups excluding carboxylic acids is 1. The molecule has 0 aliphatic heterocycles. The van der Waals surface area contributed by atoms with Crippen LogP contribution >= 0.6 is 0 Å². The number of nitrogens with one attached hydrogen (secondary N) is 1. The van der Waals surface area contributed by atoms with E-state index in [-0.39, 0.29) is 34.3 Å². The summed E-state index contributed by atoms with van der Waals surface area (Å²) in [7, 11) is -3.42. The van der Waals surface area contributed by atoms with Gasteiger partial charge in [-0.05, 0) is 48.9 Å². The average Bonchev–Trinajstić information content (AvgIpc) is 3.28. The summed E-state index contributed by atoms with van der Waals surface area (Å²) in [6.45, 7) is 1.32. The molecule has 2 aromatic carbocycles. The molecule has 4 aromatic rings. The molecular formula is C24H19F3N4O6S. The predicted molar refractivity (Wildman–Crippen MR) is 127 cm³/mol. The zero-order valence-electron chi connectivity index (χ0n) is 19.8. The van der Waals surface area contributed by atoms with Crippen LogP contribution in [0.25, 0.3) is 17.1 Å². The van der Waals surface area contributed by atoms with Crippen molar-refractivity contribution in [1.82, 2.24) is 20.1 Å². The fraction of sp³-hybridized carbons (Fsp3) is 0.167. The van der Waals surface area contributed by atoms with Gasteiger partial charge in [0.1, 0.15) is 5.56 Å². The first-order valence-corrected chi connectivity index (χ1v) is 12.7. The second-order valence-corrected chi connectivity index (χ2v) is 10.3. The summed E-state index contributed by atoms with van der Waals surface area (Å²) >= 11 is 0. The molecule has 0 aliphatic carbocycles. The Kier molecular flexibility index (Phi) is 6.84. The van der Waals surface area contributed by atoms with E-state index in [0.717, 1.165) is 35.1 Å². The Bertz CT molecular complexity index is 1690. The van der Waals surface area contributed by atoms with Crippen molar-refractivity contribution in [3.63, 3.8) is 0 Å². The zero-order valence-corrected chi connectivity index (χ0v) is 20.6. The number of aromatic hydroxyl groups is 1. The van der Waals surface area contributed by atoms with Crippen LogP contribution in [-0.4, -0.2) is 40.5 Å². The van der Waals surface area contributed by atoms with Crippen molar-refractivity contribution in [3.8, 4) is 23.2 Å². The standard InChI is InChI=1S/C24H19F3N4O6S/c1-13-18(21-29-30-23(34)37-21)11-19(20(32)28-12-14-6-8-17(9-7-14)38(2,35)36)22(33)31(13)16-5-3-4-15(10-16)24(25,26)27/h3-11H,12H2,1-2H3,(H,28,32)(H,30,34). The Morgan fingerprint density at radius 3 is 2.37 bits per heavy atom. The van der Waals surface area contributed by atoms with Crippen molar-refractivity contribution >= 4 is 15.7 Å². The molecule has 2 heterocycles. The van der Waals surface area contributed by atoms with Gasteiger partial charge in [0, 0.05) is 24.2 Å². The number of nitrogens with zero attached hydrogens (tertiary/aromatic N) is 3. The van der Waals surface area contributed by atoms with Gasteiger partial charge in [0.25, 0.3) is 17.4 Å². The Labute approximate surface area is 213 Å². The van der Waals surface area contributed by atoms with Gasteiger partial charge in [-0.25, -0.2) is 8.42 Å².